The summed E-state index contributed by atoms with van der Waals surface area (Å²) in [6.07, 6.45) is 6.90. The topological polar surface area (TPSA) is 44.4 Å². The SMILES string of the molecule is Cl.O=C(NCCCN1CCNCC1)C1(Cc2ccccc2)CC2CCC1C2. The number of nitrogens with one attached hydrogen (secondary N) is 2. The molecule has 3 fully saturated rings. The van der Waals surface area contributed by atoms with Crippen molar-refractivity contribution in [2.45, 2.75) is 38.5 Å². The Labute approximate surface area is 169 Å². The van der Waals surface area contributed by atoms with Crippen molar-refractivity contribution in [3.05, 3.63) is 35.9 Å². The van der Waals surface area contributed by atoms with Crippen molar-refractivity contribution < 1.29 is 4.79 Å². The van der Waals surface area contributed by atoms with Gasteiger partial charge in [0, 0.05) is 32.7 Å². The number of piperazine rings is 1. The summed E-state index contributed by atoms with van der Waals surface area (Å²) < 4.78 is 0. The molecular formula is C22H34ClN3O. The molecule has 4 rings (SSSR count). The second kappa shape index (κ2) is 9.40. The highest BCUT2D eigenvalue weighted by Crippen LogP contribution is 2.57. The highest BCUT2D eigenvalue weighted by atomic mass is 35.5. The molecule has 1 aliphatic heterocycles. The highest BCUT2D eigenvalue weighted by molar-refractivity contribution is 5.85. The molecule has 150 valence electrons. The molecule has 1 saturated heterocycles. The van der Waals surface area contributed by atoms with Gasteiger partial charge in [-0.3, -0.25) is 4.79 Å². The molecule has 3 aliphatic rings. The predicted molar refractivity (Wildman–Crippen MR) is 112 cm³/mol. The van der Waals surface area contributed by atoms with Gasteiger partial charge >= 0.3 is 0 Å². The number of carbonyl (C=O) groups excluding carboxylic acids is 1. The molecule has 4 nitrogen and oxygen atoms in total. The third kappa shape index (κ3) is 4.67. The first-order chi connectivity index (χ1) is 12.8. The number of carbonyl (C=O) groups is 1. The lowest BCUT2D eigenvalue weighted by Crippen LogP contribution is -2.47. The molecule has 2 N–H and O–H groups in total. The lowest BCUT2D eigenvalue weighted by molar-refractivity contribution is -0.134. The van der Waals surface area contributed by atoms with Crippen LogP contribution in [0.1, 0.15) is 37.7 Å². The Morgan fingerprint density at radius 2 is 1.96 bits per heavy atom. The molecule has 5 heteroatoms. The molecule has 1 aromatic carbocycles. The van der Waals surface area contributed by atoms with E-state index in [-0.39, 0.29) is 17.8 Å². The van der Waals surface area contributed by atoms with Gasteiger partial charge in [-0.15, -0.1) is 12.4 Å². The van der Waals surface area contributed by atoms with Crippen LogP contribution in [-0.4, -0.2) is 50.1 Å². The van der Waals surface area contributed by atoms with E-state index in [1.54, 1.807) is 0 Å². The van der Waals surface area contributed by atoms with E-state index < -0.39 is 0 Å². The van der Waals surface area contributed by atoms with Gasteiger partial charge in [0.1, 0.15) is 0 Å². The van der Waals surface area contributed by atoms with Gasteiger partial charge in [0.15, 0.2) is 0 Å². The van der Waals surface area contributed by atoms with E-state index in [9.17, 15) is 4.79 Å². The predicted octanol–water partition coefficient (Wildman–Crippen LogP) is 2.87. The molecule has 0 spiro atoms. The summed E-state index contributed by atoms with van der Waals surface area (Å²) in [5, 5.41) is 6.72. The molecule has 3 unspecified atom stereocenters. The zero-order chi connectivity index (χ0) is 17.8. The van der Waals surface area contributed by atoms with Gasteiger partial charge in [0.05, 0.1) is 5.41 Å². The first kappa shape index (κ1) is 20.6. The lowest BCUT2D eigenvalue weighted by Gasteiger charge is -2.36. The summed E-state index contributed by atoms with van der Waals surface area (Å²) in [6.45, 7) is 6.37. The summed E-state index contributed by atoms with van der Waals surface area (Å²) in [7, 11) is 0. The standard InChI is InChI=1S/C22H33N3O.ClH/c26-21(24-9-4-12-25-13-10-23-11-14-25)22(16-18-5-2-1-3-6-18)17-19-7-8-20(22)15-19;/h1-3,5-6,19-20,23H,4,7-17H2,(H,24,26);1H. The molecule has 2 saturated carbocycles. The van der Waals surface area contributed by atoms with Gasteiger partial charge in [-0.25, -0.2) is 0 Å². The van der Waals surface area contributed by atoms with Crippen LogP contribution in [-0.2, 0) is 11.2 Å². The number of amides is 1. The third-order valence-electron chi connectivity index (χ3n) is 6.94. The fourth-order valence-electron chi connectivity index (χ4n) is 5.59. The van der Waals surface area contributed by atoms with E-state index in [0.29, 0.717) is 11.8 Å². The first-order valence-electron chi connectivity index (χ1n) is 10.5. The summed E-state index contributed by atoms with van der Waals surface area (Å²) >= 11 is 0. The third-order valence-corrected chi connectivity index (χ3v) is 6.94. The van der Waals surface area contributed by atoms with Crippen LogP contribution in [0.2, 0.25) is 0 Å². The second-order valence-corrected chi connectivity index (χ2v) is 8.60. The van der Waals surface area contributed by atoms with Crippen molar-refractivity contribution in [3.63, 3.8) is 0 Å². The first-order valence-corrected chi connectivity index (χ1v) is 10.5. The monoisotopic (exact) mass is 391 g/mol. The molecule has 1 aromatic rings. The maximum Gasteiger partial charge on any atom is 0.226 e. The largest absolute Gasteiger partial charge is 0.356 e. The Morgan fingerprint density at radius 1 is 1.19 bits per heavy atom. The van der Waals surface area contributed by atoms with Crippen molar-refractivity contribution in [1.29, 1.82) is 0 Å². The fraction of sp³-hybridized carbons (Fsp3) is 0.682. The number of nitrogens with zero attached hydrogens (tertiary/aromatic N) is 1. The number of hydrogen-bond acceptors (Lipinski definition) is 3. The molecule has 0 aromatic heterocycles. The minimum Gasteiger partial charge on any atom is -0.356 e. The van der Waals surface area contributed by atoms with Crippen LogP contribution >= 0.6 is 12.4 Å². The number of fused-ring (bicyclic) bond motifs is 2. The quantitative estimate of drug-likeness (QED) is 0.702. The summed E-state index contributed by atoms with van der Waals surface area (Å²) in [5.74, 6) is 1.69. The summed E-state index contributed by atoms with van der Waals surface area (Å²) in [5.41, 5.74) is 1.16. The van der Waals surface area contributed by atoms with Crippen molar-refractivity contribution in [2.24, 2.45) is 17.3 Å². The Balaban J connectivity index is 0.00000210. The molecule has 27 heavy (non-hydrogen) atoms. The van der Waals surface area contributed by atoms with Crippen LogP contribution < -0.4 is 10.6 Å². The van der Waals surface area contributed by atoms with E-state index in [2.05, 4.69) is 45.9 Å². The van der Waals surface area contributed by atoms with Gasteiger partial charge in [-0.1, -0.05) is 36.8 Å². The van der Waals surface area contributed by atoms with E-state index >= 15 is 0 Å². The van der Waals surface area contributed by atoms with E-state index in [1.165, 1.54) is 24.8 Å². The minimum absolute atomic E-state index is 0. The summed E-state index contributed by atoms with van der Waals surface area (Å²) in [4.78, 5) is 15.8. The molecule has 1 amide bonds. The zero-order valence-corrected chi connectivity index (χ0v) is 17.1. The molecule has 2 bridgehead atoms. The van der Waals surface area contributed by atoms with E-state index in [0.717, 1.165) is 64.4 Å². The molecule has 0 radical (unpaired) electrons. The molecule has 1 heterocycles. The number of hydrogen-bond donors (Lipinski definition) is 2. The van der Waals surface area contributed by atoms with Crippen LogP contribution in [0.25, 0.3) is 0 Å². The van der Waals surface area contributed by atoms with Gasteiger partial charge in [0.2, 0.25) is 5.91 Å². The maximum absolute atomic E-state index is 13.3. The fourth-order valence-corrected chi connectivity index (χ4v) is 5.59. The zero-order valence-electron chi connectivity index (χ0n) is 16.3. The average Bonchev–Trinajstić information content (AvgIpc) is 3.28. The maximum atomic E-state index is 13.3. The Bertz CT molecular complexity index is 605. The Kier molecular flexibility index (Phi) is 7.18. The van der Waals surface area contributed by atoms with Gasteiger partial charge < -0.3 is 15.5 Å². The number of halogens is 1. The van der Waals surface area contributed by atoms with Crippen LogP contribution in [0.4, 0.5) is 0 Å². The van der Waals surface area contributed by atoms with Gasteiger partial charge in [-0.2, -0.15) is 0 Å². The smallest absolute Gasteiger partial charge is 0.226 e. The number of rotatable bonds is 7. The summed E-state index contributed by atoms with van der Waals surface area (Å²) in [6, 6.07) is 10.6. The van der Waals surface area contributed by atoms with Crippen molar-refractivity contribution in [1.82, 2.24) is 15.5 Å². The highest BCUT2D eigenvalue weighted by Gasteiger charge is 2.55. The van der Waals surface area contributed by atoms with Crippen molar-refractivity contribution in [2.75, 3.05) is 39.3 Å². The van der Waals surface area contributed by atoms with Crippen molar-refractivity contribution >= 4 is 18.3 Å². The van der Waals surface area contributed by atoms with Crippen LogP contribution in [0.3, 0.4) is 0 Å². The number of benzene rings is 1. The molecule has 2 aliphatic carbocycles. The van der Waals surface area contributed by atoms with Gasteiger partial charge in [-0.05, 0) is 56.0 Å². The Hall–Kier alpha value is -1.10. The normalized spacial score (nSPS) is 30.1. The lowest BCUT2D eigenvalue weighted by atomic mass is 9.68. The van der Waals surface area contributed by atoms with E-state index in [4.69, 9.17) is 0 Å². The average molecular weight is 392 g/mol. The Morgan fingerprint density at radius 3 is 2.63 bits per heavy atom. The van der Waals surface area contributed by atoms with Crippen LogP contribution in [0, 0.1) is 17.3 Å². The molecular weight excluding hydrogens is 358 g/mol. The second-order valence-electron chi connectivity index (χ2n) is 8.60. The van der Waals surface area contributed by atoms with Gasteiger partial charge in [0.25, 0.3) is 0 Å². The van der Waals surface area contributed by atoms with Crippen LogP contribution in [0.5, 0.6) is 0 Å². The minimum atomic E-state index is -0.153. The molecule has 3 atom stereocenters. The van der Waals surface area contributed by atoms with Crippen LogP contribution in [0.15, 0.2) is 30.3 Å². The van der Waals surface area contributed by atoms with E-state index in [1.807, 2.05) is 0 Å². The van der Waals surface area contributed by atoms with Crippen molar-refractivity contribution in [3.8, 4) is 0 Å².